The Balaban J connectivity index is 1.52. The molecule has 0 aliphatic carbocycles. The Morgan fingerprint density at radius 3 is 2.69 bits per heavy atom. The van der Waals surface area contributed by atoms with Gasteiger partial charge in [-0.3, -0.25) is 9.59 Å². The lowest BCUT2D eigenvalue weighted by Crippen LogP contribution is -2.27. The first-order chi connectivity index (χ1) is 14.9. The van der Waals surface area contributed by atoms with Crippen LogP contribution in [0.5, 0.6) is 5.75 Å². The Morgan fingerprint density at radius 1 is 1.22 bits per heavy atom. The van der Waals surface area contributed by atoms with Gasteiger partial charge in [0.25, 0.3) is 5.91 Å². The largest absolute Gasteiger partial charge is 0.426 e. The van der Waals surface area contributed by atoms with Crippen molar-refractivity contribution in [2.45, 2.75) is 38.3 Å². The molecule has 0 unspecified atom stereocenters. The van der Waals surface area contributed by atoms with E-state index >= 15 is 0 Å². The maximum absolute atomic E-state index is 14.7. The quantitative estimate of drug-likeness (QED) is 0.348. The van der Waals surface area contributed by atoms with Crippen molar-refractivity contribution in [1.29, 1.82) is 0 Å². The molecule has 1 aliphatic heterocycles. The van der Waals surface area contributed by atoms with Gasteiger partial charge in [0.05, 0.1) is 22.9 Å². The number of nitrogens with zero attached hydrogens (tertiary/aromatic N) is 1. The van der Waals surface area contributed by atoms with E-state index in [9.17, 15) is 27.2 Å². The average molecular weight is 449 g/mol. The first-order valence-corrected chi connectivity index (χ1v) is 9.83. The SMILES string of the molecule is CC1(C)C(=O)Oc2cc(Cc3nc4ccc(C(=O)NCCC(F)(F)F)cc4[nH]3)c(F)cc21. The molecule has 0 spiro atoms. The summed E-state index contributed by atoms with van der Waals surface area (Å²) < 4.78 is 56.7. The van der Waals surface area contributed by atoms with E-state index in [4.69, 9.17) is 4.74 Å². The van der Waals surface area contributed by atoms with Crippen LogP contribution < -0.4 is 10.1 Å². The number of H-pyrrole nitrogens is 1. The molecular formula is C22H19F4N3O3. The van der Waals surface area contributed by atoms with Crippen molar-refractivity contribution in [1.82, 2.24) is 15.3 Å². The fraction of sp³-hybridized carbons (Fsp3) is 0.318. The second kappa shape index (κ2) is 7.61. The van der Waals surface area contributed by atoms with Crippen LogP contribution in [0.3, 0.4) is 0 Å². The molecule has 4 rings (SSSR count). The molecule has 0 saturated heterocycles. The van der Waals surface area contributed by atoms with Crippen LogP contribution in [0.4, 0.5) is 17.6 Å². The van der Waals surface area contributed by atoms with Gasteiger partial charge in [-0.25, -0.2) is 9.37 Å². The van der Waals surface area contributed by atoms with E-state index in [2.05, 4.69) is 15.3 Å². The van der Waals surface area contributed by atoms with Gasteiger partial charge in [-0.05, 0) is 49.7 Å². The van der Waals surface area contributed by atoms with Gasteiger partial charge in [0.15, 0.2) is 0 Å². The third-order valence-electron chi connectivity index (χ3n) is 5.38. The third kappa shape index (κ3) is 4.17. The number of benzene rings is 2. The smallest absolute Gasteiger partial charge is 0.390 e. The Labute approximate surface area is 180 Å². The van der Waals surface area contributed by atoms with Crippen molar-refractivity contribution >= 4 is 22.9 Å². The Morgan fingerprint density at radius 2 is 1.97 bits per heavy atom. The lowest BCUT2D eigenvalue weighted by molar-refractivity contribution is -0.137. The second-order valence-corrected chi connectivity index (χ2v) is 8.17. The summed E-state index contributed by atoms with van der Waals surface area (Å²) in [7, 11) is 0. The van der Waals surface area contributed by atoms with Crippen LogP contribution >= 0.6 is 0 Å². The molecule has 0 radical (unpaired) electrons. The van der Waals surface area contributed by atoms with Gasteiger partial charge in [-0.1, -0.05) is 0 Å². The monoisotopic (exact) mass is 449 g/mol. The van der Waals surface area contributed by atoms with Gasteiger partial charge in [0.1, 0.15) is 17.4 Å². The number of fused-ring (bicyclic) bond motifs is 2. The minimum Gasteiger partial charge on any atom is -0.426 e. The maximum atomic E-state index is 14.7. The summed E-state index contributed by atoms with van der Waals surface area (Å²) >= 11 is 0. The van der Waals surface area contributed by atoms with Crippen LogP contribution in [0.25, 0.3) is 11.0 Å². The molecular weight excluding hydrogens is 430 g/mol. The van der Waals surface area contributed by atoms with E-state index in [1.54, 1.807) is 19.9 Å². The molecule has 168 valence electrons. The number of nitrogens with one attached hydrogen (secondary N) is 2. The zero-order valence-corrected chi connectivity index (χ0v) is 17.2. The standard InChI is InChI=1S/C22H19F4N3O3/c1-21(2)13-10-14(23)12(8-17(13)32-20(21)31)9-18-28-15-4-3-11(7-16(15)29-18)19(30)27-6-5-22(24,25)26/h3-4,7-8,10H,5-6,9H2,1-2H3,(H,27,30)(H,28,29). The minimum absolute atomic E-state index is 0.0822. The van der Waals surface area contributed by atoms with E-state index in [0.29, 0.717) is 28.2 Å². The molecule has 1 amide bonds. The zero-order chi connectivity index (χ0) is 23.3. The molecule has 2 heterocycles. The van der Waals surface area contributed by atoms with E-state index in [1.165, 1.54) is 24.3 Å². The predicted octanol–water partition coefficient (Wildman–Crippen LogP) is 4.17. The highest BCUT2D eigenvalue weighted by Crippen LogP contribution is 2.41. The molecule has 6 nitrogen and oxygen atoms in total. The summed E-state index contributed by atoms with van der Waals surface area (Å²) in [6.45, 7) is 2.81. The van der Waals surface area contributed by atoms with Crippen molar-refractivity contribution in [2.75, 3.05) is 6.54 Å². The molecule has 0 fully saturated rings. The third-order valence-corrected chi connectivity index (χ3v) is 5.38. The number of hydrogen-bond acceptors (Lipinski definition) is 4. The summed E-state index contributed by atoms with van der Waals surface area (Å²) in [5, 5.41) is 2.22. The van der Waals surface area contributed by atoms with E-state index in [1.807, 2.05) is 0 Å². The molecule has 3 aromatic rings. The molecule has 1 aromatic heterocycles. The van der Waals surface area contributed by atoms with E-state index < -0.39 is 42.3 Å². The maximum Gasteiger partial charge on any atom is 0.390 e. The normalized spacial score (nSPS) is 15.0. The Bertz CT molecular complexity index is 1230. The number of carbonyl (C=O) groups excluding carboxylic acids is 2. The fourth-order valence-corrected chi connectivity index (χ4v) is 3.53. The number of ether oxygens (including phenoxy) is 1. The van der Waals surface area contributed by atoms with E-state index in [0.717, 1.165) is 0 Å². The first kappa shape index (κ1) is 21.8. The van der Waals surface area contributed by atoms with Gasteiger partial charge in [0, 0.05) is 24.1 Å². The molecule has 0 bridgehead atoms. The Kier molecular flexibility index (Phi) is 5.18. The molecule has 10 heteroatoms. The number of halogens is 4. The van der Waals surface area contributed by atoms with Gasteiger partial charge < -0.3 is 15.0 Å². The minimum atomic E-state index is -4.35. The summed E-state index contributed by atoms with van der Waals surface area (Å²) in [6, 6.07) is 7.24. The number of esters is 1. The van der Waals surface area contributed by atoms with Gasteiger partial charge in [0.2, 0.25) is 0 Å². The average Bonchev–Trinajstić information content (AvgIpc) is 3.19. The van der Waals surface area contributed by atoms with Gasteiger partial charge in [-0.2, -0.15) is 13.2 Å². The van der Waals surface area contributed by atoms with E-state index in [-0.39, 0.29) is 17.5 Å². The Hall–Kier alpha value is -3.43. The van der Waals surface area contributed by atoms with Gasteiger partial charge >= 0.3 is 12.1 Å². The van der Waals surface area contributed by atoms with Crippen LogP contribution in [0.2, 0.25) is 0 Å². The number of aromatic nitrogens is 2. The highest BCUT2D eigenvalue weighted by atomic mass is 19.4. The van der Waals surface area contributed by atoms with Crippen molar-refractivity contribution < 1.29 is 31.9 Å². The van der Waals surface area contributed by atoms with Crippen molar-refractivity contribution in [3.05, 3.63) is 58.7 Å². The summed E-state index contributed by atoms with van der Waals surface area (Å²) in [6.07, 6.45) is -5.39. The van der Waals surface area contributed by atoms with Crippen molar-refractivity contribution in [2.24, 2.45) is 0 Å². The number of alkyl halides is 3. The van der Waals surface area contributed by atoms with Crippen LogP contribution in [-0.2, 0) is 16.6 Å². The number of amides is 1. The zero-order valence-electron chi connectivity index (χ0n) is 17.2. The van der Waals surface area contributed by atoms with Crippen LogP contribution in [0, 0.1) is 5.82 Å². The van der Waals surface area contributed by atoms with Crippen LogP contribution in [0.15, 0.2) is 30.3 Å². The number of aromatic amines is 1. The predicted molar refractivity (Wildman–Crippen MR) is 107 cm³/mol. The molecule has 2 aromatic carbocycles. The molecule has 32 heavy (non-hydrogen) atoms. The number of carbonyl (C=O) groups is 2. The number of hydrogen-bond donors (Lipinski definition) is 2. The summed E-state index contributed by atoms with van der Waals surface area (Å²) in [5.41, 5.74) is 1.00. The molecule has 2 N–H and O–H groups in total. The lowest BCUT2D eigenvalue weighted by atomic mass is 9.85. The highest BCUT2D eigenvalue weighted by Gasteiger charge is 2.41. The summed E-state index contributed by atoms with van der Waals surface area (Å²) in [5.74, 6) is -0.863. The lowest BCUT2D eigenvalue weighted by Gasteiger charge is -2.13. The van der Waals surface area contributed by atoms with Gasteiger partial charge in [-0.15, -0.1) is 0 Å². The number of rotatable bonds is 5. The molecule has 0 saturated carbocycles. The van der Waals surface area contributed by atoms with Crippen molar-refractivity contribution in [3.8, 4) is 5.75 Å². The highest BCUT2D eigenvalue weighted by molar-refractivity contribution is 5.97. The molecule has 1 aliphatic rings. The van der Waals surface area contributed by atoms with Crippen molar-refractivity contribution in [3.63, 3.8) is 0 Å². The topological polar surface area (TPSA) is 84.1 Å². The first-order valence-electron chi connectivity index (χ1n) is 9.83. The number of imidazole rings is 1. The molecule has 0 atom stereocenters. The fourth-order valence-electron chi connectivity index (χ4n) is 3.53. The van der Waals surface area contributed by atoms with Crippen LogP contribution in [-0.4, -0.2) is 34.6 Å². The second-order valence-electron chi connectivity index (χ2n) is 8.17. The summed E-state index contributed by atoms with van der Waals surface area (Å²) in [4.78, 5) is 31.5. The van der Waals surface area contributed by atoms with Crippen LogP contribution in [0.1, 0.15) is 47.6 Å².